The molecule has 2 aliphatic rings. The van der Waals surface area contributed by atoms with E-state index in [-0.39, 0.29) is 45.3 Å². The van der Waals surface area contributed by atoms with Gasteiger partial charge in [-0.15, -0.1) is 0 Å². The van der Waals surface area contributed by atoms with Gasteiger partial charge in [0.15, 0.2) is 21.5 Å². The van der Waals surface area contributed by atoms with Gasteiger partial charge in [-0.3, -0.25) is 4.79 Å². The molecule has 0 radical (unpaired) electrons. The predicted molar refractivity (Wildman–Crippen MR) is 125 cm³/mol. The highest BCUT2D eigenvalue weighted by molar-refractivity contribution is 7.91. The van der Waals surface area contributed by atoms with E-state index in [2.05, 4.69) is 4.90 Å². The SMILES string of the molecule is COc1c(Cl)cc(C(=O)N(Cc2ccc(N3CCCCC3)o2)C2CCS(=O)(=O)C2)cc1Cl. The maximum absolute atomic E-state index is 13.5. The maximum Gasteiger partial charge on any atom is 0.254 e. The quantitative estimate of drug-likeness (QED) is 0.583. The fraction of sp³-hybridized carbons (Fsp3) is 0.500. The number of ether oxygens (including phenoxy) is 1. The Morgan fingerprint density at radius 1 is 1.19 bits per heavy atom. The van der Waals surface area contributed by atoms with Crippen LogP contribution in [0.5, 0.6) is 5.75 Å². The van der Waals surface area contributed by atoms with Crippen LogP contribution >= 0.6 is 23.2 Å². The fourth-order valence-electron chi connectivity index (χ4n) is 4.34. The van der Waals surface area contributed by atoms with Crippen molar-refractivity contribution in [2.24, 2.45) is 0 Å². The Morgan fingerprint density at radius 2 is 1.88 bits per heavy atom. The van der Waals surface area contributed by atoms with Crippen LogP contribution in [-0.4, -0.2) is 57.0 Å². The molecule has 0 saturated carbocycles. The van der Waals surface area contributed by atoms with Crippen LogP contribution in [0.2, 0.25) is 10.0 Å². The van der Waals surface area contributed by atoms with E-state index in [1.54, 1.807) is 4.90 Å². The lowest BCUT2D eigenvalue weighted by Crippen LogP contribution is -2.40. The minimum atomic E-state index is -3.19. The predicted octanol–water partition coefficient (Wildman–Crippen LogP) is 4.41. The number of nitrogens with zero attached hydrogens (tertiary/aromatic N) is 2. The molecule has 1 aromatic heterocycles. The van der Waals surface area contributed by atoms with Crippen LogP contribution in [0.1, 0.15) is 41.8 Å². The Bertz CT molecular complexity index is 1070. The summed E-state index contributed by atoms with van der Waals surface area (Å²) in [6.07, 6.45) is 3.85. The lowest BCUT2D eigenvalue weighted by atomic mass is 10.1. The van der Waals surface area contributed by atoms with Crippen molar-refractivity contribution < 1.29 is 22.4 Å². The summed E-state index contributed by atoms with van der Waals surface area (Å²) in [5, 5.41) is 0.431. The second-order valence-electron chi connectivity index (χ2n) is 8.25. The molecular formula is C22H26Cl2N2O5S. The van der Waals surface area contributed by atoms with E-state index in [0.717, 1.165) is 31.8 Å². The van der Waals surface area contributed by atoms with Gasteiger partial charge in [0.05, 0.1) is 35.2 Å². The summed E-state index contributed by atoms with van der Waals surface area (Å²) in [6.45, 7) is 2.05. The number of carbonyl (C=O) groups is 1. The summed E-state index contributed by atoms with van der Waals surface area (Å²) >= 11 is 12.5. The van der Waals surface area contributed by atoms with Crippen LogP contribution in [0.4, 0.5) is 5.88 Å². The summed E-state index contributed by atoms with van der Waals surface area (Å²) in [5.74, 6) is 1.31. The van der Waals surface area contributed by atoms with E-state index in [1.165, 1.54) is 25.7 Å². The molecule has 32 heavy (non-hydrogen) atoms. The van der Waals surface area contributed by atoms with Crippen molar-refractivity contribution in [3.05, 3.63) is 45.6 Å². The molecular weight excluding hydrogens is 475 g/mol. The van der Waals surface area contributed by atoms with Crippen molar-refractivity contribution in [3.63, 3.8) is 0 Å². The van der Waals surface area contributed by atoms with Gasteiger partial charge in [-0.2, -0.15) is 0 Å². The number of rotatable bonds is 6. The molecule has 2 aromatic rings. The first-order valence-corrected chi connectivity index (χ1v) is 13.2. The molecule has 10 heteroatoms. The fourth-order valence-corrected chi connectivity index (χ4v) is 6.71. The minimum Gasteiger partial charge on any atom is -0.494 e. The van der Waals surface area contributed by atoms with Crippen molar-refractivity contribution in [1.82, 2.24) is 4.90 Å². The van der Waals surface area contributed by atoms with Crippen LogP contribution in [0.15, 0.2) is 28.7 Å². The van der Waals surface area contributed by atoms with E-state index >= 15 is 0 Å². The molecule has 7 nitrogen and oxygen atoms in total. The second-order valence-corrected chi connectivity index (χ2v) is 11.3. The van der Waals surface area contributed by atoms with Crippen molar-refractivity contribution in [3.8, 4) is 5.75 Å². The Kier molecular flexibility index (Phi) is 6.93. The number of anilines is 1. The van der Waals surface area contributed by atoms with Crippen LogP contribution in [0.3, 0.4) is 0 Å². The number of sulfone groups is 1. The summed E-state index contributed by atoms with van der Waals surface area (Å²) in [6, 6.07) is 6.30. The summed E-state index contributed by atoms with van der Waals surface area (Å²) in [7, 11) is -1.75. The number of halogens is 2. The van der Waals surface area contributed by atoms with Gasteiger partial charge < -0.3 is 19.0 Å². The van der Waals surface area contributed by atoms with Gasteiger partial charge in [0.2, 0.25) is 0 Å². The standard InChI is InChI=1S/C22H26Cl2N2O5S/c1-30-21-18(23)11-15(12-19(21)24)22(27)26(16-7-10-32(28,29)14-16)13-17-5-6-20(31-17)25-8-3-2-4-9-25/h5-6,11-12,16H,2-4,7-10,13-14H2,1H3. The molecule has 2 aliphatic heterocycles. The lowest BCUT2D eigenvalue weighted by Gasteiger charge is -2.28. The zero-order valence-corrected chi connectivity index (χ0v) is 20.2. The average Bonchev–Trinajstić information content (AvgIpc) is 3.38. The number of methoxy groups -OCH3 is 1. The van der Waals surface area contributed by atoms with Crippen molar-refractivity contribution in [2.75, 3.05) is 36.6 Å². The molecule has 0 spiro atoms. The van der Waals surface area contributed by atoms with E-state index in [1.807, 2.05) is 12.1 Å². The maximum atomic E-state index is 13.5. The monoisotopic (exact) mass is 500 g/mol. The molecule has 1 amide bonds. The van der Waals surface area contributed by atoms with Gasteiger partial charge >= 0.3 is 0 Å². The molecule has 0 N–H and O–H groups in total. The van der Waals surface area contributed by atoms with E-state index < -0.39 is 15.9 Å². The number of hydrogen-bond donors (Lipinski definition) is 0. The number of benzene rings is 1. The number of furan rings is 1. The molecule has 3 heterocycles. The largest absolute Gasteiger partial charge is 0.494 e. The average molecular weight is 501 g/mol. The van der Waals surface area contributed by atoms with Gasteiger partial charge in [-0.25, -0.2) is 8.42 Å². The van der Waals surface area contributed by atoms with Gasteiger partial charge in [0, 0.05) is 30.8 Å². The Balaban J connectivity index is 1.61. The lowest BCUT2D eigenvalue weighted by molar-refractivity contribution is 0.0666. The number of amides is 1. The zero-order chi connectivity index (χ0) is 22.9. The summed E-state index contributed by atoms with van der Waals surface area (Å²) in [4.78, 5) is 17.2. The third kappa shape index (κ3) is 5.02. The Hall–Kier alpha value is -1.90. The van der Waals surface area contributed by atoms with Gasteiger partial charge in [-0.05, 0) is 43.9 Å². The highest BCUT2D eigenvalue weighted by Crippen LogP contribution is 2.35. The zero-order valence-electron chi connectivity index (χ0n) is 17.9. The van der Waals surface area contributed by atoms with E-state index in [9.17, 15) is 13.2 Å². The Morgan fingerprint density at radius 3 is 2.47 bits per heavy atom. The molecule has 174 valence electrons. The smallest absolute Gasteiger partial charge is 0.254 e. The summed E-state index contributed by atoms with van der Waals surface area (Å²) < 4.78 is 35.5. The highest BCUT2D eigenvalue weighted by Gasteiger charge is 2.36. The second kappa shape index (κ2) is 9.53. The minimum absolute atomic E-state index is 0.0583. The third-order valence-electron chi connectivity index (χ3n) is 6.00. The van der Waals surface area contributed by atoms with Crippen LogP contribution < -0.4 is 9.64 Å². The van der Waals surface area contributed by atoms with Crippen molar-refractivity contribution >= 4 is 44.8 Å². The van der Waals surface area contributed by atoms with Crippen LogP contribution in [-0.2, 0) is 16.4 Å². The van der Waals surface area contributed by atoms with E-state index in [4.69, 9.17) is 32.4 Å². The number of carbonyl (C=O) groups excluding carboxylic acids is 1. The highest BCUT2D eigenvalue weighted by atomic mass is 35.5. The van der Waals surface area contributed by atoms with Gasteiger partial charge in [0.25, 0.3) is 5.91 Å². The third-order valence-corrected chi connectivity index (χ3v) is 8.31. The molecule has 2 saturated heterocycles. The molecule has 0 aliphatic carbocycles. The van der Waals surface area contributed by atoms with Crippen molar-refractivity contribution in [2.45, 2.75) is 38.3 Å². The van der Waals surface area contributed by atoms with Gasteiger partial charge in [0.1, 0.15) is 5.76 Å². The molecule has 1 aromatic carbocycles. The van der Waals surface area contributed by atoms with Crippen LogP contribution in [0, 0.1) is 0 Å². The summed E-state index contributed by atoms with van der Waals surface area (Å²) in [5.41, 5.74) is 0.271. The molecule has 4 rings (SSSR count). The van der Waals surface area contributed by atoms with E-state index in [0.29, 0.717) is 12.2 Å². The Labute approximate surface area is 198 Å². The van der Waals surface area contributed by atoms with Crippen LogP contribution in [0.25, 0.3) is 0 Å². The number of hydrogen-bond acceptors (Lipinski definition) is 6. The first-order chi connectivity index (χ1) is 15.3. The van der Waals surface area contributed by atoms with Crippen molar-refractivity contribution in [1.29, 1.82) is 0 Å². The number of piperidine rings is 1. The normalized spacial score (nSPS) is 20.3. The first kappa shape index (κ1) is 23.3. The molecule has 2 fully saturated rings. The topological polar surface area (TPSA) is 80.1 Å². The molecule has 0 bridgehead atoms. The first-order valence-electron chi connectivity index (χ1n) is 10.7. The van der Waals surface area contributed by atoms with Gasteiger partial charge in [-0.1, -0.05) is 23.2 Å². The molecule has 1 atom stereocenters. The molecule has 1 unspecified atom stereocenters.